The first-order valence-electron chi connectivity index (χ1n) is 11.3. The molecule has 0 bridgehead atoms. The van der Waals surface area contributed by atoms with Crippen molar-refractivity contribution in [3.8, 4) is 33.8 Å². The molecular weight excluding hydrogens is 420 g/mol. The van der Waals surface area contributed by atoms with Crippen molar-refractivity contribution >= 4 is 43.6 Å². The number of phenolic OH excluding ortho intramolecular Hbond substituents is 2. The Bertz CT molecular complexity index is 1800. The van der Waals surface area contributed by atoms with Crippen molar-refractivity contribution in [3.63, 3.8) is 0 Å². The fourth-order valence-corrected chi connectivity index (χ4v) is 5.34. The molecule has 162 valence electrons. The molecule has 0 fully saturated rings. The molecule has 0 atom stereocenters. The summed E-state index contributed by atoms with van der Waals surface area (Å²) >= 11 is 0. The van der Waals surface area contributed by atoms with Gasteiger partial charge >= 0.3 is 0 Å². The van der Waals surface area contributed by atoms with Gasteiger partial charge in [-0.05, 0) is 24.3 Å². The Labute approximate surface area is 194 Å². The van der Waals surface area contributed by atoms with Crippen LogP contribution >= 0.6 is 0 Å². The van der Waals surface area contributed by atoms with E-state index in [1.54, 1.807) is 12.1 Å². The van der Waals surface area contributed by atoms with Gasteiger partial charge in [0.05, 0.1) is 11.0 Å². The van der Waals surface area contributed by atoms with Crippen LogP contribution in [0.4, 0.5) is 0 Å². The van der Waals surface area contributed by atoms with Crippen molar-refractivity contribution in [2.75, 3.05) is 0 Å². The standard InChI is InChI=1S/C30H20N2O2/c33-23-15-7-3-11-19(23)25-26-17-9-1-5-13-21(17)31-29(26)28(20-12-4-8-16-24(20)34)30-27(25)18-10-2-6-14-22(18)32-30/h1-16,31-34H. The molecule has 0 amide bonds. The van der Waals surface area contributed by atoms with Crippen LogP contribution in [0.25, 0.3) is 65.9 Å². The van der Waals surface area contributed by atoms with Gasteiger partial charge in [0, 0.05) is 54.8 Å². The van der Waals surface area contributed by atoms with Gasteiger partial charge in [-0.15, -0.1) is 0 Å². The molecule has 0 aliphatic heterocycles. The van der Waals surface area contributed by atoms with Crippen LogP contribution in [0.2, 0.25) is 0 Å². The van der Waals surface area contributed by atoms with Gasteiger partial charge in [0.2, 0.25) is 0 Å². The van der Waals surface area contributed by atoms with E-state index < -0.39 is 0 Å². The van der Waals surface area contributed by atoms with Gasteiger partial charge < -0.3 is 20.2 Å². The summed E-state index contributed by atoms with van der Waals surface area (Å²) in [6.45, 7) is 0. The summed E-state index contributed by atoms with van der Waals surface area (Å²) in [7, 11) is 0. The quantitative estimate of drug-likeness (QED) is 0.222. The number of aromatic amines is 2. The monoisotopic (exact) mass is 440 g/mol. The summed E-state index contributed by atoms with van der Waals surface area (Å²) in [6.07, 6.45) is 0. The van der Waals surface area contributed by atoms with Crippen LogP contribution in [0.15, 0.2) is 97.1 Å². The molecule has 0 unspecified atom stereocenters. The van der Waals surface area contributed by atoms with E-state index in [-0.39, 0.29) is 11.5 Å². The van der Waals surface area contributed by atoms with Gasteiger partial charge in [0.25, 0.3) is 0 Å². The highest BCUT2D eigenvalue weighted by atomic mass is 16.3. The van der Waals surface area contributed by atoms with Gasteiger partial charge in [-0.3, -0.25) is 0 Å². The third-order valence-electron chi connectivity index (χ3n) is 6.76. The number of aromatic hydroxyl groups is 2. The van der Waals surface area contributed by atoms with Crippen LogP contribution in [-0.2, 0) is 0 Å². The first kappa shape index (κ1) is 18.8. The van der Waals surface area contributed by atoms with E-state index in [1.807, 2.05) is 60.7 Å². The zero-order chi connectivity index (χ0) is 22.8. The predicted octanol–water partition coefficient (Wildman–Crippen LogP) is 7.70. The molecule has 7 rings (SSSR count). The SMILES string of the molecule is Oc1ccccc1-c1c2[nH]c3ccccc3c2c(-c2ccccc2O)c2c1[nH]c1ccccc12. The summed E-state index contributed by atoms with van der Waals surface area (Å²) in [5.41, 5.74) is 7.24. The Morgan fingerprint density at radius 3 is 1.35 bits per heavy atom. The fourth-order valence-electron chi connectivity index (χ4n) is 5.34. The Balaban J connectivity index is 1.85. The number of hydrogen-bond donors (Lipinski definition) is 4. The van der Waals surface area contributed by atoms with E-state index in [1.165, 1.54) is 0 Å². The number of benzene rings is 5. The summed E-state index contributed by atoms with van der Waals surface area (Å²) in [6, 6.07) is 31.3. The van der Waals surface area contributed by atoms with E-state index in [0.29, 0.717) is 0 Å². The summed E-state index contributed by atoms with van der Waals surface area (Å²) in [4.78, 5) is 7.25. The van der Waals surface area contributed by atoms with Gasteiger partial charge in [0.1, 0.15) is 11.5 Å². The third-order valence-corrected chi connectivity index (χ3v) is 6.76. The zero-order valence-electron chi connectivity index (χ0n) is 18.1. The highest BCUT2D eigenvalue weighted by Crippen LogP contribution is 2.50. The van der Waals surface area contributed by atoms with E-state index in [9.17, 15) is 10.2 Å². The molecule has 0 saturated carbocycles. The van der Waals surface area contributed by atoms with Crippen LogP contribution in [0.1, 0.15) is 0 Å². The lowest BCUT2D eigenvalue weighted by atomic mass is 9.89. The lowest BCUT2D eigenvalue weighted by molar-refractivity contribution is 0.477. The molecule has 4 heteroatoms. The van der Waals surface area contributed by atoms with E-state index in [2.05, 4.69) is 34.2 Å². The maximum Gasteiger partial charge on any atom is 0.123 e. The molecule has 7 aromatic rings. The second kappa shape index (κ2) is 6.90. The number of H-pyrrole nitrogens is 2. The first-order chi connectivity index (χ1) is 16.7. The molecule has 0 aliphatic carbocycles. The number of hydrogen-bond acceptors (Lipinski definition) is 2. The summed E-state index contributed by atoms with van der Waals surface area (Å²) in [5.74, 6) is 0.452. The van der Waals surface area contributed by atoms with E-state index in [0.717, 1.165) is 65.9 Å². The maximum absolute atomic E-state index is 11.0. The molecule has 0 spiro atoms. The molecule has 0 radical (unpaired) electrons. The zero-order valence-corrected chi connectivity index (χ0v) is 18.1. The normalized spacial score (nSPS) is 11.8. The van der Waals surface area contributed by atoms with Crippen molar-refractivity contribution < 1.29 is 10.2 Å². The number of nitrogens with one attached hydrogen (secondary N) is 2. The van der Waals surface area contributed by atoms with Gasteiger partial charge in [0.15, 0.2) is 0 Å². The lowest BCUT2D eigenvalue weighted by Gasteiger charge is -2.15. The van der Waals surface area contributed by atoms with Crippen molar-refractivity contribution in [1.29, 1.82) is 0 Å². The average molecular weight is 441 g/mol. The molecule has 0 aliphatic rings. The Hall–Kier alpha value is -4.70. The molecular formula is C30H20N2O2. The second-order valence-corrected chi connectivity index (χ2v) is 8.63. The van der Waals surface area contributed by atoms with E-state index in [4.69, 9.17) is 0 Å². The molecule has 4 N–H and O–H groups in total. The van der Waals surface area contributed by atoms with Gasteiger partial charge in [-0.25, -0.2) is 0 Å². The first-order valence-corrected chi connectivity index (χ1v) is 11.3. The molecule has 4 nitrogen and oxygen atoms in total. The van der Waals surface area contributed by atoms with Crippen LogP contribution < -0.4 is 0 Å². The van der Waals surface area contributed by atoms with E-state index >= 15 is 0 Å². The van der Waals surface area contributed by atoms with Crippen molar-refractivity contribution in [2.24, 2.45) is 0 Å². The molecule has 0 saturated heterocycles. The maximum atomic E-state index is 11.0. The van der Waals surface area contributed by atoms with Crippen molar-refractivity contribution in [1.82, 2.24) is 9.97 Å². The minimum absolute atomic E-state index is 0.220. The molecule has 5 aromatic carbocycles. The summed E-state index contributed by atoms with van der Waals surface area (Å²) in [5, 5.41) is 26.0. The largest absolute Gasteiger partial charge is 0.507 e. The van der Waals surface area contributed by atoms with Crippen LogP contribution in [0.5, 0.6) is 11.5 Å². The molecule has 2 aromatic heterocycles. The number of fused-ring (bicyclic) bond motifs is 6. The van der Waals surface area contributed by atoms with Crippen LogP contribution in [0.3, 0.4) is 0 Å². The third kappa shape index (κ3) is 2.48. The Morgan fingerprint density at radius 1 is 0.441 bits per heavy atom. The highest BCUT2D eigenvalue weighted by Gasteiger charge is 2.25. The molecule has 2 heterocycles. The van der Waals surface area contributed by atoms with Crippen molar-refractivity contribution in [3.05, 3.63) is 97.1 Å². The highest BCUT2D eigenvalue weighted by molar-refractivity contribution is 6.32. The second-order valence-electron chi connectivity index (χ2n) is 8.63. The van der Waals surface area contributed by atoms with Gasteiger partial charge in [-0.1, -0.05) is 72.8 Å². The van der Waals surface area contributed by atoms with Crippen molar-refractivity contribution in [2.45, 2.75) is 0 Å². The number of para-hydroxylation sites is 4. The summed E-state index contributed by atoms with van der Waals surface area (Å²) < 4.78 is 0. The minimum Gasteiger partial charge on any atom is -0.507 e. The minimum atomic E-state index is 0.220. The molecule has 34 heavy (non-hydrogen) atoms. The van der Waals surface area contributed by atoms with Crippen LogP contribution in [-0.4, -0.2) is 20.2 Å². The average Bonchev–Trinajstić information content (AvgIpc) is 3.43. The number of phenols is 2. The lowest BCUT2D eigenvalue weighted by Crippen LogP contribution is -1.89. The smallest absolute Gasteiger partial charge is 0.123 e. The Morgan fingerprint density at radius 2 is 0.853 bits per heavy atom. The number of rotatable bonds is 2. The predicted molar refractivity (Wildman–Crippen MR) is 139 cm³/mol. The van der Waals surface area contributed by atoms with Gasteiger partial charge in [-0.2, -0.15) is 0 Å². The fraction of sp³-hybridized carbons (Fsp3) is 0. The topological polar surface area (TPSA) is 72.0 Å². The Kier molecular flexibility index (Phi) is 3.82. The van der Waals surface area contributed by atoms with Crippen LogP contribution in [0, 0.1) is 0 Å². The number of aromatic nitrogens is 2.